The third-order valence-corrected chi connectivity index (χ3v) is 5.41. The molecule has 2 atom stereocenters. The number of ketones is 2. The Morgan fingerprint density at radius 1 is 0.895 bits per heavy atom. The zero-order valence-corrected chi connectivity index (χ0v) is 12.7. The first-order chi connectivity index (χ1) is 8.93. The molecule has 0 aromatic carbocycles. The van der Waals surface area contributed by atoms with Gasteiger partial charge in [0.2, 0.25) is 11.6 Å². The van der Waals surface area contributed by atoms with Crippen molar-refractivity contribution in [3.05, 3.63) is 0 Å². The normalized spacial score (nSPS) is 33.8. The zero-order chi connectivity index (χ0) is 14.0. The summed E-state index contributed by atoms with van der Waals surface area (Å²) in [5.74, 6) is 0.201. The Hall–Kier alpha value is -0.660. The fraction of sp³-hybridized carbons (Fsp3) is 0.882. The van der Waals surface area contributed by atoms with Crippen LogP contribution in [0.3, 0.4) is 0 Å². The number of hydrogen-bond donors (Lipinski definition) is 0. The highest BCUT2D eigenvalue weighted by Gasteiger charge is 2.46. The largest absolute Gasteiger partial charge is 0.291 e. The van der Waals surface area contributed by atoms with Crippen molar-refractivity contribution in [2.24, 2.45) is 23.2 Å². The molecule has 2 nitrogen and oxygen atoms in total. The lowest BCUT2D eigenvalue weighted by molar-refractivity contribution is -0.143. The molecule has 2 saturated carbocycles. The molecule has 0 aromatic heterocycles. The van der Waals surface area contributed by atoms with E-state index in [-0.39, 0.29) is 28.8 Å². The maximum Gasteiger partial charge on any atom is 0.202 e. The average molecular weight is 264 g/mol. The van der Waals surface area contributed by atoms with Crippen LogP contribution >= 0.6 is 0 Å². The van der Waals surface area contributed by atoms with Crippen molar-refractivity contribution in [1.82, 2.24) is 0 Å². The van der Waals surface area contributed by atoms with Gasteiger partial charge in [0.15, 0.2) is 0 Å². The first-order valence-corrected chi connectivity index (χ1v) is 8.01. The van der Waals surface area contributed by atoms with E-state index in [9.17, 15) is 9.59 Å². The summed E-state index contributed by atoms with van der Waals surface area (Å²) in [6.07, 6.45) is 9.21. The summed E-state index contributed by atoms with van der Waals surface area (Å²) < 4.78 is 0. The average Bonchev–Trinajstić information content (AvgIpc) is 2.66. The summed E-state index contributed by atoms with van der Waals surface area (Å²) in [5.41, 5.74) is -0.00743. The van der Waals surface area contributed by atoms with Crippen molar-refractivity contribution in [3.8, 4) is 0 Å². The van der Waals surface area contributed by atoms with Crippen LogP contribution in [-0.2, 0) is 9.59 Å². The Bertz CT molecular complexity index is 348. The van der Waals surface area contributed by atoms with E-state index in [1.165, 1.54) is 25.7 Å². The predicted octanol–water partition coefficient (Wildman–Crippen LogP) is 4.17. The Morgan fingerprint density at radius 2 is 1.47 bits per heavy atom. The molecule has 2 heteroatoms. The minimum absolute atomic E-state index is 0.00743. The van der Waals surface area contributed by atoms with Gasteiger partial charge in [-0.1, -0.05) is 46.5 Å². The van der Waals surface area contributed by atoms with Gasteiger partial charge in [0.05, 0.1) is 0 Å². The third kappa shape index (κ3) is 3.09. The van der Waals surface area contributed by atoms with Gasteiger partial charge in [-0.05, 0) is 37.0 Å². The third-order valence-electron chi connectivity index (χ3n) is 5.41. The lowest BCUT2D eigenvalue weighted by Crippen LogP contribution is -2.39. The van der Waals surface area contributed by atoms with E-state index >= 15 is 0 Å². The van der Waals surface area contributed by atoms with Crippen LogP contribution in [0.15, 0.2) is 0 Å². The summed E-state index contributed by atoms with van der Waals surface area (Å²) >= 11 is 0. The number of carbonyl (C=O) groups is 2. The number of rotatable bonds is 1. The van der Waals surface area contributed by atoms with Crippen LogP contribution in [0.5, 0.6) is 0 Å². The second kappa shape index (κ2) is 5.76. The molecular weight excluding hydrogens is 236 g/mol. The van der Waals surface area contributed by atoms with Gasteiger partial charge in [0.1, 0.15) is 0 Å². The minimum atomic E-state index is -0.0974. The molecule has 2 fully saturated rings. The first-order valence-electron chi connectivity index (χ1n) is 8.01. The molecule has 0 heterocycles. The second-order valence-electron chi connectivity index (χ2n) is 7.39. The highest BCUT2D eigenvalue weighted by molar-refractivity contribution is 6.39. The fourth-order valence-corrected chi connectivity index (χ4v) is 4.12. The highest BCUT2D eigenvalue weighted by atomic mass is 16.2. The van der Waals surface area contributed by atoms with E-state index < -0.39 is 0 Å². The number of hydrogen-bond acceptors (Lipinski definition) is 2. The zero-order valence-electron chi connectivity index (χ0n) is 12.7. The summed E-state index contributed by atoms with van der Waals surface area (Å²) in [5, 5.41) is 0. The van der Waals surface area contributed by atoms with Crippen LogP contribution in [0.4, 0.5) is 0 Å². The lowest BCUT2D eigenvalue weighted by atomic mass is 9.66. The van der Waals surface area contributed by atoms with Gasteiger partial charge in [0, 0.05) is 11.8 Å². The molecule has 0 N–H and O–H groups in total. The van der Waals surface area contributed by atoms with Crippen LogP contribution in [0, 0.1) is 23.2 Å². The summed E-state index contributed by atoms with van der Waals surface area (Å²) in [4.78, 5) is 24.9. The smallest absolute Gasteiger partial charge is 0.202 e. The van der Waals surface area contributed by atoms with Gasteiger partial charge >= 0.3 is 0 Å². The van der Waals surface area contributed by atoms with E-state index in [0.717, 1.165) is 25.7 Å². The predicted molar refractivity (Wildman–Crippen MR) is 76.9 cm³/mol. The maximum absolute atomic E-state index is 12.6. The van der Waals surface area contributed by atoms with Crippen molar-refractivity contribution < 1.29 is 9.59 Å². The maximum atomic E-state index is 12.6. The molecule has 2 rings (SSSR count). The molecular formula is C17H28O2. The molecule has 2 aliphatic rings. The SMILES string of the molecule is CC1CCC(C)(C)C(C2CCCCCC2)C(=O)C1=O. The Labute approximate surface area is 117 Å². The molecule has 0 aliphatic heterocycles. The quantitative estimate of drug-likeness (QED) is 0.526. The van der Waals surface area contributed by atoms with Crippen LogP contribution in [0.25, 0.3) is 0 Å². The molecule has 19 heavy (non-hydrogen) atoms. The first kappa shape index (κ1) is 14.7. The molecule has 0 bridgehead atoms. The van der Waals surface area contributed by atoms with E-state index in [2.05, 4.69) is 13.8 Å². The van der Waals surface area contributed by atoms with Gasteiger partial charge in [-0.2, -0.15) is 0 Å². The van der Waals surface area contributed by atoms with Gasteiger partial charge in [-0.15, -0.1) is 0 Å². The van der Waals surface area contributed by atoms with Crippen LogP contribution in [0.1, 0.15) is 72.1 Å². The molecule has 0 saturated heterocycles. The van der Waals surface area contributed by atoms with Gasteiger partial charge in [0.25, 0.3) is 0 Å². The number of Topliss-reactive ketones (excluding diaryl/α,β-unsaturated/α-hetero) is 2. The molecule has 0 spiro atoms. The van der Waals surface area contributed by atoms with Crippen molar-refractivity contribution in [3.63, 3.8) is 0 Å². The Kier molecular flexibility index (Phi) is 4.47. The van der Waals surface area contributed by atoms with Crippen molar-refractivity contribution in [1.29, 1.82) is 0 Å². The topological polar surface area (TPSA) is 34.1 Å². The van der Waals surface area contributed by atoms with Crippen molar-refractivity contribution >= 4 is 11.6 Å². The standard InChI is InChI=1S/C17H28O2/c1-12-10-11-17(2,3)14(16(19)15(12)18)13-8-6-4-5-7-9-13/h12-14H,4-11H2,1-3H3. The highest BCUT2D eigenvalue weighted by Crippen LogP contribution is 2.45. The summed E-state index contributed by atoms with van der Waals surface area (Å²) in [7, 11) is 0. The molecule has 108 valence electrons. The van der Waals surface area contributed by atoms with Crippen molar-refractivity contribution in [2.75, 3.05) is 0 Å². The van der Waals surface area contributed by atoms with E-state index in [0.29, 0.717) is 5.92 Å². The van der Waals surface area contributed by atoms with Crippen LogP contribution in [-0.4, -0.2) is 11.6 Å². The monoisotopic (exact) mass is 264 g/mol. The van der Waals surface area contributed by atoms with E-state index in [1.54, 1.807) is 0 Å². The fourth-order valence-electron chi connectivity index (χ4n) is 4.12. The molecule has 0 radical (unpaired) electrons. The van der Waals surface area contributed by atoms with Crippen LogP contribution in [0.2, 0.25) is 0 Å². The Morgan fingerprint density at radius 3 is 2.05 bits per heavy atom. The summed E-state index contributed by atoms with van der Waals surface area (Å²) in [6, 6.07) is 0. The van der Waals surface area contributed by atoms with E-state index in [1.807, 2.05) is 6.92 Å². The van der Waals surface area contributed by atoms with Gasteiger partial charge < -0.3 is 0 Å². The molecule has 0 aromatic rings. The van der Waals surface area contributed by atoms with E-state index in [4.69, 9.17) is 0 Å². The molecule has 2 aliphatic carbocycles. The second-order valence-corrected chi connectivity index (χ2v) is 7.39. The van der Waals surface area contributed by atoms with Gasteiger partial charge in [-0.3, -0.25) is 9.59 Å². The van der Waals surface area contributed by atoms with Crippen LogP contribution < -0.4 is 0 Å². The molecule has 0 amide bonds. The molecule has 2 unspecified atom stereocenters. The van der Waals surface area contributed by atoms with Crippen molar-refractivity contribution in [2.45, 2.75) is 72.1 Å². The Balaban J connectivity index is 2.26. The minimum Gasteiger partial charge on any atom is -0.291 e. The number of carbonyl (C=O) groups excluding carboxylic acids is 2. The lowest BCUT2D eigenvalue weighted by Gasteiger charge is -2.36. The van der Waals surface area contributed by atoms with Gasteiger partial charge in [-0.25, -0.2) is 0 Å². The summed E-state index contributed by atoms with van der Waals surface area (Å²) in [6.45, 7) is 6.32.